The van der Waals surface area contributed by atoms with Gasteiger partial charge in [-0.15, -0.1) is 0 Å². The largest absolute Gasteiger partial charge is 0.462 e. The molecule has 0 aromatic heterocycles. The Hall–Kier alpha value is -3.41. The minimum absolute atomic E-state index is 0.0943. The summed E-state index contributed by atoms with van der Waals surface area (Å²) in [5, 5.41) is 0. The fourth-order valence-electron chi connectivity index (χ4n) is 8.57. The van der Waals surface area contributed by atoms with Crippen LogP contribution in [0.3, 0.4) is 0 Å². The molecule has 0 aliphatic heterocycles. The van der Waals surface area contributed by atoms with Gasteiger partial charge in [-0.2, -0.15) is 0 Å². The zero-order chi connectivity index (χ0) is 52.2. The first-order valence-corrected chi connectivity index (χ1v) is 30.6. The molecule has 0 aliphatic carbocycles. The van der Waals surface area contributed by atoms with E-state index in [9.17, 15) is 14.4 Å². The van der Waals surface area contributed by atoms with Crippen molar-refractivity contribution in [2.24, 2.45) is 0 Å². The number of hydrogen-bond acceptors (Lipinski definition) is 6. The molecule has 0 spiro atoms. The van der Waals surface area contributed by atoms with Crippen LogP contribution >= 0.6 is 0 Å². The summed E-state index contributed by atoms with van der Waals surface area (Å²) in [6.07, 6.45) is 78.7. The molecule has 1 atom stereocenters. The lowest BCUT2D eigenvalue weighted by molar-refractivity contribution is -0.167. The van der Waals surface area contributed by atoms with Crippen molar-refractivity contribution in [3.05, 3.63) is 85.1 Å². The Morgan fingerprint density at radius 3 is 0.931 bits per heavy atom. The first-order valence-electron chi connectivity index (χ1n) is 30.6. The summed E-state index contributed by atoms with van der Waals surface area (Å²) in [6, 6.07) is 0. The summed E-state index contributed by atoms with van der Waals surface area (Å²) in [6.45, 7) is 6.48. The maximum atomic E-state index is 12.9. The van der Waals surface area contributed by atoms with E-state index < -0.39 is 6.10 Å². The molecule has 0 amide bonds. The topological polar surface area (TPSA) is 78.9 Å². The number of hydrogen-bond donors (Lipinski definition) is 0. The third-order valence-corrected chi connectivity index (χ3v) is 13.1. The van der Waals surface area contributed by atoms with Gasteiger partial charge >= 0.3 is 17.9 Å². The van der Waals surface area contributed by atoms with E-state index in [4.69, 9.17) is 14.2 Å². The monoisotopic (exact) mass is 1000 g/mol. The zero-order valence-corrected chi connectivity index (χ0v) is 47.4. The molecule has 0 N–H and O–H groups in total. The standard InChI is InChI=1S/C66H114O6/c1-4-7-10-13-16-19-22-25-28-31-33-36-38-41-44-47-50-53-56-59-65(68)71-62-63(61-70-64(67)58-55-52-49-46-43-40-37-34-30-27-24-21-18-15-12-9-6-3)72-66(69)60-57-54-51-48-45-42-39-35-32-29-26-23-20-17-14-11-8-5-2/h9,12,16,18-19,21,25,27-28,30,37,40,46,49,63H,4-8,10-11,13-15,17,20,22-24,26,29,31-36,38-39,41-45,47-48,50-62H2,1-3H3/b12-9+,19-16+,21-18+,28-25+,30-27+,40-37+,49-46+/t63-/m1/s1. The summed E-state index contributed by atoms with van der Waals surface area (Å²) in [5.41, 5.74) is 0. The van der Waals surface area contributed by atoms with Crippen molar-refractivity contribution in [2.45, 2.75) is 303 Å². The molecule has 0 bridgehead atoms. The molecule has 0 heterocycles. The van der Waals surface area contributed by atoms with E-state index in [1.807, 2.05) is 0 Å². The van der Waals surface area contributed by atoms with Crippen molar-refractivity contribution in [3.8, 4) is 0 Å². The molecule has 6 heteroatoms. The fraction of sp³-hybridized carbons (Fsp3) is 0.742. The third kappa shape index (κ3) is 57.5. The average molecular weight is 1000 g/mol. The Labute approximate surface area is 445 Å². The lowest BCUT2D eigenvalue weighted by Crippen LogP contribution is -2.30. The quantitative estimate of drug-likeness (QED) is 0.0261. The molecule has 0 rings (SSSR count). The van der Waals surface area contributed by atoms with Crippen LogP contribution in [-0.2, 0) is 28.6 Å². The van der Waals surface area contributed by atoms with E-state index >= 15 is 0 Å². The van der Waals surface area contributed by atoms with Gasteiger partial charge in [-0.3, -0.25) is 14.4 Å². The molecule has 0 saturated carbocycles. The number of rotatable bonds is 55. The van der Waals surface area contributed by atoms with E-state index in [0.29, 0.717) is 19.3 Å². The van der Waals surface area contributed by atoms with Crippen LogP contribution in [0.5, 0.6) is 0 Å². The highest BCUT2D eigenvalue weighted by atomic mass is 16.6. The highest BCUT2D eigenvalue weighted by molar-refractivity contribution is 5.71. The second kappa shape index (κ2) is 60.1. The highest BCUT2D eigenvalue weighted by Gasteiger charge is 2.19. The summed E-state index contributed by atoms with van der Waals surface area (Å²) in [5.74, 6) is -0.947. The number of esters is 3. The SMILES string of the molecule is CC/C=C/C/C=C/C/C=C/C/C=C/C/C=C/CCCC(=O)OC[C@H](COC(=O)CCCCCCCCCCC/C=C/C/C=C/CCCCC)OC(=O)CCCCCCCCCCCCCCCCCCCC. The number of unbranched alkanes of at least 4 members (excludes halogenated alkanes) is 30. The van der Waals surface area contributed by atoms with Crippen molar-refractivity contribution < 1.29 is 28.6 Å². The number of carbonyl (C=O) groups excluding carboxylic acids is 3. The van der Waals surface area contributed by atoms with Crippen molar-refractivity contribution in [3.63, 3.8) is 0 Å². The molecular weight excluding hydrogens is 889 g/mol. The van der Waals surface area contributed by atoms with E-state index in [1.54, 1.807) is 0 Å². The highest BCUT2D eigenvalue weighted by Crippen LogP contribution is 2.16. The molecule has 0 radical (unpaired) electrons. The van der Waals surface area contributed by atoms with Crippen LogP contribution in [0.15, 0.2) is 85.1 Å². The average Bonchev–Trinajstić information content (AvgIpc) is 3.38. The third-order valence-electron chi connectivity index (χ3n) is 13.1. The minimum atomic E-state index is -0.801. The van der Waals surface area contributed by atoms with Crippen LogP contribution in [0, 0.1) is 0 Å². The molecule has 0 aliphatic rings. The van der Waals surface area contributed by atoms with Crippen LogP contribution in [-0.4, -0.2) is 37.2 Å². The number of carbonyl (C=O) groups is 3. The maximum absolute atomic E-state index is 12.9. The minimum Gasteiger partial charge on any atom is -0.462 e. The van der Waals surface area contributed by atoms with E-state index in [0.717, 1.165) is 83.5 Å². The van der Waals surface area contributed by atoms with Gasteiger partial charge in [0, 0.05) is 19.3 Å². The molecule has 72 heavy (non-hydrogen) atoms. The molecular formula is C66H114O6. The first kappa shape index (κ1) is 68.6. The van der Waals surface area contributed by atoms with Gasteiger partial charge in [-0.1, -0.05) is 273 Å². The van der Waals surface area contributed by atoms with E-state index in [-0.39, 0.29) is 37.5 Å². The summed E-state index contributed by atoms with van der Waals surface area (Å²) >= 11 is 0. The summed E-state index contributed by atoms with van der Waals surface area (Å²) in [7, 11) is 0. The molecule has 0 aromatic carbocycles. The molecule has 0 aromatic rings. The Morgan fingerprint density at radius 2 is 0.556 bits per heavy atom. The van der Waals surface area contributed by atoms with Crippen molar-refractivity contribution in [1.82, 2.24) is 0 Å². The lowest BCUT2D eigenvalue weighted by atomic mass is 10.0. The Morgan fingerprint density at radius 1 is 0.292 bits per heavy atom. The van der Waals surface area contributed by atoms with Crippen LogP contribution in [0.25, 0.3) is 0 Å². The van der Waals surface area contributed by atoms with Crippen LogP contribution in [0.4, 0.5) is 0 Å². The van der Waals surface area contributed by atoms with Crippen molar-refractivity contribution >= 4 is 17.9 Å². The fourth-order valence-corrected chi connectivity index (χ4v) is 8.57. The first-order chi connectivity index (χ1) is 35.5. The Kier molecular flexibility index (Phi) is 57.3. The smallest absolute Gasteiger partial charge is 0.306 e. The molecule has 0 unspecified atom stereocenters. The van der Waals surface area contributed by atoms with Crippen LogP contribution in [0.2, 0.25) is 0 Å². The molecule has 0 saturated heterocycles. The second-order valence-corrected chi connectivity index (χ2v) is 20.2. The van der Waals surface area contributed by atoms with Gasteiger partial charge in [0.1, 0.15) is 13.2 Å². The number of ether oxygens (including phenoxy) is 3. The van der Waals surface area contributed by atoms with Crippen LogP contribution < -0.4 is 0 Å². The van der Waals surface area contributed by atoms with Gasteiger partial charge in [0.05, 0.1) is 0 Å². The Bertz CT molecular complexity index is 1380. The Balaban J connectivity index is 4.44. The predicted molar refractivity (Wildman–Crippen MR) is 311 cm³/mol. The van der Waals surface area contributed by atoms with Crippen molar-refractivity contribution in [2.75, 3.05) is 13.2 Å². The van der Waals surface area contributed by atoms with Crippen LogP contribution in [0.1, 0.15) is 297 Å². The van der Waals surface area contributed by atoms with Crippen molar-refractivity contribution in [1.29, 1.82) is 0 Å². The van der Waals surface area contributed by atoms with Gasteiger partial charge < -0.3 is 14.2 Å². The second-order valence-electron chi connectivity index (χ2n) is 20.2. The van der Waals surface area contributed by atoms with Gasteiger partial charge in [-0.05, 0) is 89.9 Å². The van der Waals surface area contributed by atoms with Gasteiger partial charge in [0.15, 0.2) is 6.10 Å². The van der Waals surface area contributed by atoms with E-state index in [1.165, 1.54) is 167 Å². The van der Waals surface area contributed by atoms with Gasteiger partial charge in [0.25, 0.3) is 0 Å². The van der Waals surface area contributed by atoms with E-state index in [2.05, 4.69) is 106 Å². The molecule has 414 valence electrons. The summed E-state index contributed by atoms with van der Waals surface area (Å²) < 4.78 is 16.9. The number of allylic oxidation sites excluding steroid dienone is 14. The maximum Gasteiger partial charge on any atom is 0.306 e. The summed E-state index contributed by atoms with van der Waals surface area (Å²) in [4.78, 5) is 38.2. The molecule has 0 fully saturated rings. The zero-order valence-electron chi connectivity index (χ0n) is 47.4. The van der Waals surface area contributed by atoms with Gasteiger partial charge in [0.2, 0.25) is 0 Å². The molecule has 6 nitrogen and oxygen atoms in total. The lowest BCUT2D eigenvalue weighted by Gasteiger charge is -2.18. The normalized spacial score (nSPS) is 12.7. The predicted octanol–water partition coefficient (Wildman–Crippen LogP) is 20.7. The van der Waals surface area contributed by atoms with Gasteiger partial charge in [-0.25, -0.2) is 0 Å².